The highest BCUT2D eigenvalue weighted by Crippen LogP contribution is 2.07. The second-order valence-electron chi connectivity index (χ2n) is 7.06. The van der Waals surface area contributed by atoms with E-state index in [4.69, 9.17) is 4.74 Å². The number of esters is 1. The van der Waals surface area contributed by atoms with Gasteiger partial charge in [0.25, 0.3) is 0 Å². The third kappa shape index (κ3) is 9.53. The second kappa shape index (κ2) is 9.24. The Labute approximate surface area is 148 Å². The average Bonchev–Trinajstić information content (AvgIpc) is 2.43. The van der Waals surface area contributed by atoms with Gasteiger partial charge < -0.3 is 25.4 Å². The topological polar surface area (TPSA) is 123 Å². The number of ether oxygens (including phenoxy) is 2. The minimum atomic E-state index is -1.23. The maximum atomic E-state index is 12.2. The Morgan fingerprint density at radius 1 is 1.04 bits per heavy atom. The number of methoxy groups -OCH3 is 1. The van der Waals surface area contributed by atoms with Crippen LogP contribution >= 0.6 is 0 Å². The van der Waals surface area contributed by atoms with Crippen molar-refractivity contribution in [3.63, 3.8) is 0 Å². The summed E-state index contributed by atoms with van der Waals surface area (Å²) in [7, 11) is 1.26. The molecular formula is C16H29N3O6. The lowest BCUT2D eigenvalue weighted by molar-refractivity contribution is -0.140. The number of hydrogen-bond donors (Lipinski definition) is 3. The van der Waals surface area contributed by atoms with E-state index in [9.17, 15) is 19.2 Å². The van der Waals surface area contributed by atoms with E-state index in [0.29, 0.717) is 0 Å². The fourth-order valence-corrected chi connectivity index (χ4v) is 1.62. The van der Waals surface area contributed by atoms with Gasteiger partial charge in [-0.25, -0.2) is 4.79 Å². The summed E-state index contributed by atoms with van der Waals surface area (Å²) in [5.41, 5.74) is -1.91. The minimum Gasteiger partial charge on any atom is -0.469 e. The van der Waals surface area contributed by atoms with Crippen LogP contribution in [0.1, 0.15) is 48.0 Å². The summed E-state index contributed by atoms with van der Waals surface area (Å²) in [6.07, 6.45) is -0.696. The molecule has 0 aliphatic carbocycles. The first-order chi connectivity index (χ1) is 11.3. The molecule has 25 heavy (non-hydrogen) atoms. The molecule has 0 saturated heterocycles. The predicted octanol–water partition coefficient (Wildman–Crippen LogP) is 0.474. The largest absolute Gasteiger partial charge is 0.469 e. The molecule has 0 aliphatic rings. The number of carbonyl (C=O) groups excluding carboxylic acids is 4. The van der Waals surface area contributed by atoms with Crippen molar-refractivity contribution >= 4 is 23.9 Å². The van der Waals surface area contributed by atoms with E-state index < -0.39 is 41.1 Å². The van der Waals surface area contributed by atoms with Gasteiger partial charge in [-0.2, -0.15) is 0 Å². The summed E-state index contributed by atoms with van der Waals surface area (Å²) < 4.78 is 9.54. The van der Waals surface area contributed by atoms with Gasteiger partial charge in [0.15, 0.2) is 0 Å². The molecule has 0 aromatic heterocycles. The van der Waals surface area contributed by atoms with Crippen molar-refractivity contribution in [3.05, 3.63) is 0 Å². The molecule has 9 heteroatoms. The molecule has 0 aromatic carbocycles. The average molecular weight is 359 g/mol. The SMILES string of the molecule is COC(=O)CCNC(=O)C(C)(C)NC(=O)[C@H](C)NC(=O)OC(C)(C)C. The van der Waals surface area contributed by atoms with Crippen molar-refractivity contribution in [2.45, 2.75) is 65.1 Å². The van der Waals surface area contributed by atoms with Gasteiger partial charge in [-0.1, -0.05) is 0 Å². The van der Waals surface area contributed by atoms with Crippen LogP contribution in [0.5, 0.6) is 0 Å². The van der Waals surface area contributed by atoms with Gasteiger partial charge in [-0.05, 0) is 41.5 Å². The minimum absolute atomic E-state index is 0.0306. The second-order valence-corrected chi connectivity index (χ2v) is 7.06. The zero-order chi connectivity index (χ0) is 19.8. The summed E-state index contributed by atoms with van der Waals surface area (Å²) in [6.45, 7) is 9.72. The lowest BCUT2D eigenvalue weighted by Gasteiger charge is -2.27. The third-order valence-electron chi connectivity index (χ3n) is 2.97. The molecular weight excluding hydrogens is 330 g/mol. The van der Waals surface area contributed by atoms with Crippen molar-refractivity contribution in [3.8, 4) is 0 Å². The van der Waals surface area contributed by atoms with Gasteiger partial charge in [-0.3, -0.25) is 14.4 Å². The Hall–Kier alpha value is -2.32. The van der Waals surface area contributed by atoms with Gasteiger partial charge in [-0.15, -0.1) is 0 Å². The Bertz CT molecular complexity index is 510. The summed E-state index contributed by atoms with van der Waals surface area (Å²) >= 11 is 0. The van der Waals surface area contributed by atoms with E-state index >= 15 is 0 Å². The molecule has 0 radical (unpaired) electrons. The quantitative estimate of drug-likeness (QED) is 0.568. The van der Waals surface area contributed by atoms with Crippen molar-refractivity contribution in [2.24, 2.45) is 0 Å². The first-order valence-corrected chi connectivity index (χ1v) is 7.95. The summed E-state index contributed by atoms with van der Waals surface area (Å²) in [6, 6.07) is -0.892. The molecule has 1 atom stereocenters. The van der Waals surface area contributed by atoms with Crippen molar-refractivity contribution < 1.29 is 28.7 Å². The maximum absolute atomic E-state index is 12.2. The maximum Gasteiger partial charge on any atom is 0.408 e. The fourth-order valence-electron chi connectivity index (χ4n) is 1.62. The molecule has 144 valence electrons. The Morgan fingerprint density at radius 3 is 2.08 bits per heavy atom. The number of nitrogens with one attached hydrogen (secondary N) is 3. The summed E-state index contributed by atoms with van der Waals surface area (Å²) in [5, 5.41) is 7.47. The van der Waals surface area contributed by atoms with Gasteiger partial charge in [0.1, 0.15) is 17.2 Å². The van der Waals surface area contributed by atoms with Crippen LogP contribution in [0, 0.1) is 0 Å². The molecule has 0 spiro atoms. The van der Waals surface area contributed by atoms with Crippen LogP contribution in [0.25, 0.3) is 0 Å². The Kier molecular flexibility index (Phi) is 8.38. The van der Waals surface area contributed by atoms with Crippen LogP contribution in [0.2, 0.25) is 0 Å². The van der Waals surface area contributed by atoms with Crippen molar-refractivity contribution in [2.75, 3.05) is 13.7 Å². The molecule has 0 heterocycles. The predicted molar refractivity (Wildman–Crippen MR) is 90.7 cm³/mol. The highest BCUT2D eigenvalue weighted by Gasteiger charge is 2.31. The number of alkyl carbamates (subject to hydrolysis) is 1. The first-order valence-electron chi connectivity index (χ1n) is 7.95. The van der Waals surface area contributed by atoms with Crippen LogP contribution in [0.15, 0.2) is 0 Å². The molecule has 0 bridgehead atoms. The van der Waals surface area contributed by atoms with Crippen LogP contribution < -0.4 is 16.0 Å². The van der Waals surface area contributed by atoms with Crippen molar-refractivity contribution in [1.82, 2.24) is 16.0 Å². The van der Waals surface area contributed by atoms with Gasteiger partial charge in [0, 0.05) is 6.54 Å². The van der Waals surface area contributed by atoms with Gasteiger partial charge in [0.2, 0.25) is 11.8 Å². The van der Waals surface area contributed by atoms with Crippen LogP contribution in [-0.2, 0) is 23.9 Å². The molecule has 9 nitrogen and oxygen atoms in total. The van der Waals surface area contributed by atoms with Crippen LogP contribution in [0.3, 0.4) is 0 Å². The summed E-state index contributed by atoms with van der Waals surface area (Å²) in [4.78, 5) is 47.0. The number of rotatable bonds is 7. The van der Waals surface area contributed by atoms with Crippen LogP contribution in [-0.4, -0.2) is 54.7 Å². The molecule has 3 N–H and O–H groups in total. The Morgan fingerprint density at radius 2 is 1.60 bits per heavy atom. The van der Waals surface area contributed by atoms with Crippen molar-refractivity contribution in [1.29, 1.82) is 0 Å². The monoisotopic (exact) mass is 359 g/mol. The molecule has 0 aromatic rings. The van der Waals surface area contributed by atoms with Gasteiger partial charge in [0.05, 0.1) is 13.5 Å². The molecule has 0 aliphatic heterocycles. The van der Waals surface area contributed by atoms with E-state index in [2.05, 4.69) is 20.7 Å². The van der Waals surface area contributed by atoms with E-state index in [-0.39, 0.29) is 13.0 Å². The molecule has 0 fully saturated rings. The highest BCUT2D eigenvalue weighted by atomic mass is 16.6. The zero-order valence-electron chi connectivity index (χ0n) is 15.9. The number of hydrogen-bond acceptors (Lipinski definition) is 6. The van der Waals surface area contributed by atoms with Gasteiger partial charge >= 0.3 is 12.1 Å². The molecule has 0 rings (SSSR count). The van der Waals surface area contributed by atoms with E-state index in [1.54, 1.807) is 20.8 Å². The third-order valence-corrected chi connectivity index (χ3v) is 2.97. The summed E-state index contributed by atoms with van der Waals surface area (Å²) in [5.74, 6) is -1.45. The lowest BCUT2D eigenvalue weighted by Crippen LogP contribution is -2.59. The number of amides is 3. The van der Waals surface area contributed by atoms with Crippen LogP contribution in [0.4, 0.5) is 4.79 Å². The van der Waals surface area contributed by atoms with E-state index in [1.165, 1.54) is 27.9 Å². The zero-order valence-corrected chi connectivity index (χ0v) is 15.9. The molecule has 0 saturated carbocycles. The normalized spacial score (nSPS) is 12.6. The molecule has 0 unspecified atom stereocenters. The highest BCUT2D eigenvalue weighted by molar-refractivity contribution is 5.93. The Balaban J connectivity index is 4.51. The lowest BCUT2D eigenvalue weighted by atomic mass is 10.0. The fraction of sp³-hybridized carbons (Fsp3) is 0.750. The van der Waals surface area contributed by atoms with E-state index in [0.717, 1.165) is 0 Å². The number of carbonyl (C=O) groups is 4. The molecule has 3 amide bonds. The standard InChI is InChI=1S/C16H29N3O6/c1-10(18-14(23)25-15(2,3)4)12(21)19-16(5,6)13(22)17-9-8-11(20)24-7/h10H,8-9H2,1-7H3,(H,17,22)(H,18,23)(H,19,21)/t10-/m0/s1. The smallest absolute Gasteiger partial charge is 0.408 e. The first kappa shape index (κ1) is 22.7. The van der Waals surface area contributed by atoms with E-state index in [1.807, 2.05) is 0 Å².